The molecule has 2 aromatic carbocycles. The molecule has 0 unspecified atom stereocenters. The molecule has 4 aromatic rings. The molecule has 2 heterocycles. The SMILES string of the molecule is COc1cc(C(=O)Nc2sccc2-c2nc3ccccc3s2)cc(OC)c1OC. The van der Waals surface area contributed by atoms with Crippen molar-refractivity contribution in [3.05, 3.63) is 53.4 Å². The van der Waals surface area contributed by atoms with Crippen LogP contribution in [0.2, 0.25) is 0 Å². The van der Waals surface area contributed by atoms with Crippen LogP contribution in [-0.4, -0.2) is 32.2 Å². The maximum Gasteiger partial charge on any atom is 0.256 e. The number of anilines is 1. The molecule has 6 nitrogen and oxygen atoms in total. The number of carbonyl (C=O) groups is 1. The zero-order chi connectivity index (χ0) is 20.4. The minimum absolute atomic E-state index is 0.269. The first-order valence-corrected chi connectivity index (χ1v) is 10.4. The summed E-state index contributed by atoms with van der Waals surface area (Å²) in [4.78, 5) is 17.6. The van der Waals surface area contributed by atoms with Crippen molar-refractivity contribution in [2.24, 2.45) is 0 Å². The van der Waals surface area contributed by atoms with Crippen molar-refractivity contribution in [1.29, 1.82) is 0 Å². The summed E-state index contributed by atoms with van der Waals surface area (Å²) in [7, 11) is 4.56. The zero-order valence-electron chi connectivity index (χ0n) is 16.0. The van der Waals surface area contributed by atoms with E-state index in [4.69, 9.17) is 19.2 Å². The summed E-state index contributed by atoms with van der Waals surface area (Å²) < 4.78 is 17.1. The molecule has 0 aliphatic heterocycles. The number of thiophene rings is 1. The number of nitrogens with zero attached hydrogens (tertiary/aromatic N) is 1. The van der Waals surface area contributed by atoms with E-state index in [9.17, 15) is 4.79 Å². The van der Waals surface area contributed by atoms with Gasteiger partial charge in [-0.05, 0) is 35.7 Å². The van der Waals surface area contributed by atoms with E-state index in [2.05, 4.69) is 5.32 Å². The molecule has 1 N–H and O–H groups in total. The maximum absolute atomic E-state index is 12.9. The first kappa shape index (κ1) is 19.2. The molecule has 4 rings (SSSR count). The van der Waals surface area contributed by atoms with E-state index in [1.54, 1.807) is 23.5 Å². The lowest BCUT2D eigenvalue weighted by atomic mass is 10.1. The number of benzene rings is 2. The van der Waals surface area contributed by atoms with Gasteiger partial charge in [0.2, 0.25) is 5.75 Å². The molecule has 0 atom stereocenters. The Balaban J connectivity index is 1.66. The van der Waals surface area contributed by atoms with Gasteiger partial charge in [0.05, 0.1) is 31.5 Å². The van der Waals surface area contributed by atoms with Gasteiger partial charge in [-0.15, -0.1) is 22.7 Å². The standard InChI is InChI=1S/C21H18N2O4S2/c1-25-15-10-12(11-16(26-2)18(15)27-3)19(24)23-20-13(8-9-28-20)21-22-14-6-4-5-7-17(14)29-21/h4-11H,1-3H3,(H,23,24). The second kappa shape index (κ2) is 8.10. The van der Waals surface area contributed by atoms with Crippen LogP contribution in [0.25, 0.3) is 20.8 Å². The number of hydrogen-bond acceptors (Lipinski definition) is 7. The molecule has 1 amide bonds. The van der Waals surface area contributed by atoms with Crippen LogP contribution in [0.3, 0.4) is 0 Å². The Morgan fingerprint density at radius 2 is 1.72 bits per heavy atom. The number of fused-ring (bicyclic) bond motifs is 1. The van der Waals surface area contributed by atoms with E-state index in [1.165, 1.54) is 32.7 Å². The summed E-state index contributed by atoms with van der Waals surface area (Å²) in [6.07, 6.45) is 0. The van der Waals surface area contributed by atoms with Gasteiger partial charge < -0.3 is 19.5 Å². The maximum atomic E-state index is 12.9. The van der Waals surface area contributed by atoms with Gasteiger partial charge in [0.25, 0.3) is 5.91 Å². The number of rotatable bonds is 6. The van der Waals surface area contributed by atoms with Crippen LogP contribution in [0.15, 0.2) is 47.8 Å². The van der Waals surface area contributed by atoms with Gasteiger partial charge in [-0.2, -0.15) is 0 Å². The third kappa shape index (κ3) is 3.64. The lowest BCUT2D eigenvalue weighted by Crippen LogP contribution is -2.12. The number of ether oxygens (including phenoxy) is 3. The lowest BCUT2D eigenvalue weighted by Gasteiger charge is -2.14. The number of para-hydroxylation sites is 1. The second-order valence-corrected chi connectivity index (χ2v) is 7.97. The summed E-state index contributed by atoms with van der Waals surface area (Å²) in [5, 5.41) is 6.53. The van der Waals surface area contributed by atoms with Crippen LogP contribution >= 0.6 is 22.7 Å². The van der Waals surface area contributed by atoms with Crippen LogP contribution in [-0.2, 0) is 0 Å². The largest absolute Gasteiger partial charge is 0.493 e. The van der Waals surface area contributed by atoms with Crippen molar-refractivity contribution >= 4 is 43.8 Å². The number of aromatic nitrogens is 1. The van der Waals surface area contributed by atoms with Crippen molar-refractivity contribution in [2.45, 2.75) is 0 Å². The highest BCUT2D eigenvalue weighted by atomic mass is 32.1. The highest BCUT2D eigenvalue weighted by Crippen LogP contribution is 2.40. The molecule has 0 aliphatic rings. The Labute approximate surface area is 175 Å². The second-order valence-electron chi connectivity index (χ2n) is 6.02. The van der Waals surface area contributed by atoms with E-state index in [-0.39, 0.29) is 5.91 Å². The highest BCUT2D eigenvalue weighted by Gasteiger charge is 2.19. The molecule has 0 bridgehead atoms. The van der Waals surface area contributed by atoms with Crippen molar-refractivity contribution in [3.8, 4) is 27.8 Å². The van der Waals surface area contributed by atoms with Gasteiger partial charge in [0, 0.05) is 11.1 Å². The molecule has 0 radical (unpaired) electrons. The van der Waals surface area contributed by atoms with Crippen molar-refractivity contribution in [3.63, 3.8) is 0 Å². The third-order valence-electron chi connectivity index (χ3n) is 4.34. The lowest BCUT2D eigenvalue weighted by molar-refractivity contribution is 0.102. The predicted octanol–water partition coefficient (Wildman–Crippen LogP) is 5.30. The van der Waals surface area contributed by atoms with Crippen LogP contribution < -0.4 is 19.5 Å². The fourth-order valence-corrected chi connectivity index (χ4v) is 4.79. The zero-order valence-corrected chi connectivity index (χ0v) is 17.6. The van der Waals surface area contributed by atoms with Gasteiger partial charge >= 0.3 is 0 Å². The molecule has 8 heteroatoms. The van der Waals surface area contributed by atoms with Gasteiger partial charge in [-0.3, -0.25) is 4.79 Å². The van der Waals surface area contributed by atoms with Crippen molar-refractivity contribution < 1.29 is 19.0 Å². The topological polar surface area (TPSA) is 69.7 Å². The van der Waals surface area contributed by atoms with Gasteiger partial charge in [-0.1, -0.05) is 12.1 Å². The Morgan fingerprint density at radius 1 is 1.00 bits per heavy atom. The monoisotopic (exact) mass is 426 g/mol. The van der Waals surface area contributed by atoms with Gasteiger partial charge in [-0.25, -0.2) is 4.98 Å². The Bertz CT molecular complexity index is 1120. The molecule has 0 saturated carbocycles. The van der Waals surface area contributed by atoms with Crippen LogP contribution in [0, 0.1) is 0 Å². The van der Waals surface area contributed by atoms with Gasteiger partial charge in [0.15, 0.2) is 11.5 Å². The first-order valence-electron chi connectivity index (χ1n) is 8.69. The summed E-state index contributed by atoms with van der Waals surface area (Å²) in [6, 6.07) is 13.2. The summed E-state index contributed by atoms with van der Waals surface area (Å²) in [5.74, 6) is 1.02. The molecular weight excluding hydrogens is 408 g/mol. The minimum atomic E-state index is -0.269. The van der Waals surface area contributed by atoms with E-state index < -0.39 is 0 Å². The fourth-order valence-electron chi connectivity index (χ4n) is 2.95. The normalized spacial score (nSPS) is 10.7. The Morgan fingerprint density at radius 3 is 2.38 bits per heavy atom. The molecule has 0 spiro atoms. The Kier molecular flexibility index (Phi) is 5.37. The van der Waals surface area contributed by atoms with E-state index in [1.807, 2.05) is 35.7 Å². The fraction of sp³-hybridized carbons (Fsp3) is 0.143. The van der Waals surface area contributed by atoms with E-state index >= 15 is 0 Å². The molecule has 0 saturated heterocycles. The van der Waals surface area contributed by atoms with E-state index in [0.29, 0.717) is 22.8 Å². The summed E-state index contributed by atoms with van der Waals surface area (Å²) in [5.41, 5.74) is 2.25. The van der Waals surface area contributed by atoms with Crippen LogP contribution in [0.5, 0.6) is 17.2 Å². The molecular formula is C21H18N2O4S2. The molecule has 148 valence electrons. The number of amides is 1. The smallest absolute Gasteiger partial charge is 0.256 e. The van der Waals surface area contributed by atoms with E-state index in [0.717, 1.165) is 25.8 Å². The number of methoxy groups -OCH3 is 3. The number of hydrogen-bond donors (Lipinski definition) is 1. The molecule has 2 aromatic heterocycles. The molecule has 0 aliphatic carbocycles. The average Bonchev–Trinajstić information content (AvgIpc) is 3.38. The van der Waals surface area contributed by atoms with Crippen molar-refractivity contribution in [1.82, 2.24) is 4.98 Å². The van der Waals surface area contributed by atoms with Crippen LogP contribution in [0.4, 0.5) is 5.00 Å². The number of thiazole rings is 1. The summed E-state index contributed by atoms with van der Waals surface area (Å²) >= 11 is 3.05. The molecule has 29 heavy (non-hydrogen) atoms. The third-order valence-corrected chi connectivity index (χ3v) is 6.24. The summed E-state index contributed by atoms with van der Waals surface area (Å²) in [6.45, 7) is 0. The van der Waals surface area contributed by atoms with Crippen molar-refractivity contribution in [2.75, 3.05) is 26.6 Å². The van der Waals surface area contributed by atoms with Crippen LogP contribution in [0.1, 0.15) is 10.4 Å². The quantitative estimate of drug-likeness (QED) is 0.453. The minimum Gasteiger partial charge on any atom is -0.493 e. The first-order chi connectivity index (χ1) is 14.1. The Hall–Kier alpha value is -3.10. The number of carbonyl (C=O) groups excluding carboxylic acids is 1. The molecule has 0 fully saturated rings. The van der Waals surface area contributed by atoms with Gasteiger partial charge in [0.1, 0.15) is 10.0 Å². The average molecular weight is 427 g/mol. The number of nitrogens with one attached hydrogen (secondary N) is 1. The highest BCUT2D eigenvalue weighted by molar-refractivity contribution is 7.22. The predicted molar refractivity (Wildman–Crippen MR) is 117 cm³/mol.